The smallest absolute Gasteiger partial charge is 0.407 e. The van der Waals surface area contributed by atoms with Gasteiger partial charge < -0.3 is 20.9 Å². The lowest BCUT2D eigenvalue weighted by molar-refractivity contribution is -0.137. The molecule has 9 nitrogen and oxygen atoms in total. The largest absolute Gasteiger partial charge is 0.481 e. The van der Waals surface area contributed by atoms with E-state index in [0.29, 0.717) is 0 Å². The number of alkyl carbamates (subject to hydrolysis) is 1. The van der Waals surface area contributed by atoms with Crippen LogP contribution in [0, 0.1) is 0 Å². The Balaban J connectivity index is 2.82. The molecule has 0 saturated carbocycles. The zero-order valence-corrected chi connectivity index (χ0v) is 12.7. The Labute approximate surface area is 127 Å². The van der Waals surface area contributed by atoms with E-state index in [1.165, 1.54) is 16.8 Å². The summed E-state index contributed by atoms with van der Waals surface area (Å²) in [5.74, 6) is -1.05. The summed E-state index contributed by atoms with van der Waals surface area (Å²) in [6.45, 7) is 5.01. The molecular formula is C13H20N4O5. The van der Waals surface area contributed by atoms with E-state index in [9.17, 15) is 14.4 Å². The summed E-state index contributed by atoms with van der Waals surface area (Å²) in [5, 5.41) is 11.3. The third-order valence-corrected chi connectivity index (χ3v) is 2.45. The fraction of sp³-hybridized carbons (Fsp3) is 0.538. The number of anilines is 1. The molecule has 0 aliphatic heterocycles. The molecule has 0 aromatic carbocycles. The highest BCUT2D eigenvalue weighted by atomic mass is 16.6. The Morgan fingerprint density at radius 1 is 1.50 bits per heavy atom. The quantitative estimate of drug-likeness (QED) is 0.706. The first-order chi connectivity index (χ1) is 10.1. The molecule has 0 bridgehead atoms. The van der Waals surface area contributed by atoms with Crippen molar-refractivity contribution in [1.82, 2.24) is 14.9 Å². The molecule has 1 aromatic heterocycles. The highest BCUT2D eigenvalue weighted by Crippen LogP contribution is 2.07. The lowest BCUT2D eigenvalue weighted by Gasteiger charge is -2.23. The highest BCUT2D eigenvalue weighted by molar-refractivity contribution is 5.71. The zero-order valence-electron chi connectivity index (χ0n) is 12.7. The molecule has 0 aliphatic carbocycles. The Hall–Kier alpha value is -2.58. The summed E-state index contributed by atoms with van der Waals surface area (Å²) in [7, 11) is 0. The fourth-order valence-electron chi connectivity index (χ4n) is 1.66. The second-order valence-electron chi connectivity index (χ2n) is 5.73. The molecule has 1 amide bonds. The monoisotopic (exact) mass is 312 g/mol. The molecule has 0 fully saturated rings. The molecule has 1 heterocycles. The number of nitrogen functional groups attached to an aromatic ring is 1. The molecule has 1 rings (SSSR count). The van der Waals surface area contributed by atoms with E-state index in [-0.39, 0.29) is 18.8 Å². The maximum atomic E-state index is 11.7. The number of carboxylic acid groups (broad SMARTS) is 1. The minimum absolute atomic E-state index is 0.0579. The van der Waals surface area contributed by atoms with Crippen LogP contribution >= 0.6 is 0 Å². The molecule has 9 heteroatoms. The van der Waals surface area contributed by atoms with Gasteiger partial charge in [-0.05, 0) is 26.8 Å². The Kier molecular flexibility index (Phi) is 5.50. The van der Waals surface area contributed by atoms with Crippen molar-refractivity contribution < 1.29 is 19.4 Å². The minimum atomic E-state index is -1.11. The van der Waals surface area contributed by atoms with Crippen LogP contribution in [0.2, 0.25) is 0 Å². The van der Waals surface area contributed by atoms with E-state index in [0.717, 1.165) is 0 Å². The zero-order chi connectivity index (χ0) is 16.9. The second kappa shape index (κ2) is 6.92. The van der Waals surface area contributed by atoms with Crippen LogP contribution in [0.1, 0.15) is 27.2 Å². The second-order valence-corrected chi connectivity index (χ2v) is 5.73. The van der Waals surface area contributed by atoms with Gasteiger partial charge in [0, 0.05) is 12.7 Å². The van der Waals surface area contributed by atoms with Gasteiger partial charge >= 0.3 is 17.8 Å². The summed E-state index contributed by atoms with van der Waals surface area (Å²) in [6.07, 6.45) is 0.266. The number of aromatic nitrogens is 2. The first-order valence-corrected chi connectivity index (χ1v) is 6.61. The number of carboxylic acids is 1. The van der Waals surface area contributed by atoms with Gasteiger partial charge in [-0.3, -0.25) is 9.36 Å². The summed E-state index contributed by atoms with van der Waals surface area (Å²) in [4.78, 5) is 37.8. The molecule has 0 saturated heterocycles. The number of hydrogen-bond acceptors (Lipinski definition) is 6. The number of nitrogens with one attached hydrogen (secondary N) is 1. The van der Waals surface area contributed by atoms with Gasteiger partial charge in [0.2, 0.25) is 0 Å². The maximum absolute atomic E-state index is 11.7. The average molecular weight is 312 g/mol. The number of hydrogen-bond donors (Lipinski definition) is 3. The lowest BCUT2D eigenvalue weighted by atomic mass is 10.2. The van der Waals surface area contributed by atoms with Crippen LogP contribution in [0.5, 0.6) is 0 Å². The van der Waals surface area contributed by atoms with Gasteiger partial charge in [-0.15, -0.1) is 0 Å². The summed E-state index contributed by atoms with van der Waals surface area (Å²) >= 11 is 0. The topological polar surface area (TPSA) is 137 Å². The lowest BCUT2D eigenvalue weighted by Crippen LogP contribution is -2.44. The third kappa shape index (κ3) is 6.25. The van der Waals surface area contributed by atoms with Crippen LogP contribution in [-0.4, -0.2) is 38.4 Å². The van der Waals surface area contributed by atoms with Crippen molar-refractivity contribution in [2.45, 2.75) is 45.4 Å². The number of rotatable bonds is 5. The molecule has 0 aliphatic rings. The number of aliphatic carboxylic acids is 1. The third-order valence-electron chi connectivity index (χ3n) is 2.45. The van der Waals surface area contributed by atoms with Crippen molar-refractivity contribution in [3.05, 3.63) is 22.7 Å². The molecule has 1 aromatic rings. The van der Waals surface area contributed by atoms with Crippen molar-refractivity contribution in [1.29, 1.82) is 0 Å². The molecule has 122 valence electrons. The molecule has 22 heavy (non-hydrogen) atoms. The van der Waals surface area contributed by atoms with E-state index in [1.807, 2.05) is 0 Å². The number of amides is 1. The maximum Gasteiger partial charge on any atom is 0.407 e. The predicted octanol–water partition coefficient (Wildman–Crippen LogP) is 0.194. The van der Waals surface area contributed by atoms with Crippen LogP contribution in [0.4, 0.5) is 10.6 Å². The van der Waals surface area contributed by atoms with E-state index in [4.69, 9.17) is 15.6 Å². The molecule has 4 N–H and O–H groups in total. The van der Waals surface area contributed by atoms with Crippen LogP contribution in [0.15, 0.2) is 17.1 Å². The standard InChI is InChI=1S/C13H20N4O5/c1-13(2,3)22-12(21)15-8(6-10(18)19)7-17-5-4-9(14)16-11(17)20/h4-5,8H,6-7H2,1-3H3,(H,15,21)(H,18,19)(H2,14,16,20)/t8-/m0/s1. The van der Waals surface area contributed by atoms with Gasteiger partial charge in [0.25, 0.3) is 0 Å². The van der Waals surface area contributed by atoms with E-state index >= 15 is 0 Å². The summed E-state index contributed by atoms with van der Waals surface area (Å²) in [6, 6.07) is 0.586. The predicted molar refractivity (Wildman–Crippen MR) is 78.3 cm³/mol. The molecule has 0 unspecified atom stereocenters. The van der Waals surface area contributed by atoms with Gasteiger partial charge in [0.1, 0.15) is 11.4 Å². The van der Waals surface area contributed by atoms with Crippen molar-refractivity contribution in [3.8, 4) is 0 Å². The Morgan fingerprint density at radius 3 is 2.64 bits per heavy atom. The summed E-state index contributed by atoms with van der Waals surface area (Å²) < 4.78 is 6.24. The average Bonchev–Trinajstić information content (AvgIpc) is 2.29. The number of ether oxygens (including phenoxy) is 1. The van der Waals surface area contributed by atoms with Crippen molar-refractivity contribution in [2.24, 2.45) is 0 Å². The first-order valence-electron chi connectivity index (χ1n) is 6.61. The molecular weight excluding hydrogens is 292 g/mol. The van der Waals surface area contributed by atoms with E-state index in [2.05, 4.69) is 10.3 Å². The number of nitrogens with two attached hydrogens (primary N) is 1. The first kappa shape index (κ1) is 17.5. The van der Waals surface area contributed by atoms with Gasteiger partial charge in [-0.1, -0.05) is 0 Å². The van der Waals surface area contributed by atoms with Gasteiger partial charge in [0.15, 0.2) is 0 Å². The van der Waals surface area contributed by atoms with Crippen LogP contribution < -0.4 is 16.7 Å². The van der Waals surface area contributed by atoms with Gasteiger partial charge in [0.05, 0.1) is 12.5 Å². The van der Waals surface area contributed by atoms with E-state index < -0.39 is 29.4 Å². The number of nitrogens with zero attached hydrogens (tertiary/aromatic N) is 2. The SMILES string of the molecule is CC(C)(C)OC(=O)N[C@@H](CC(=O)O)Cn1ccc(N)nc1=O. The number of carbonyl (C=O) groups is 2. The van der Waals surface area contributed by atoms with Crippen LogP contribution in [-0.2, 0) is 16.1 Å². The van der Waals surface area contributed by atoms with Crippen molar-refractivity contribution >= 4 is 17.9 Å². The molecule has 0 radical (unpaired) electrons. The minimum Gasteiger partial charge on any atom is -0.481 e. The normalized spacial score (nSPS) is 12.5. The fourth-order valence-corrected chi connectivity index (χ4v) is 1.66. The number of carbonyl (C=O) groups excluding carboxylic acids is 1. The molecule has 1 atom stereocenters. The van der Waals surface area contributed by atoms with Crippen LogP contribution in [0.25, 0.3) is 0 Å². The van der Waals surface area contributed by atoms with E-state index in [1.54, 1.807) is 20.8 Å². The van der Waals surface area contributed by atoms with Gasteiger partial charge in [-0.2, -0.15) is 4.98 Å². The van der Waals surface area contributed by atoms with Crippen LogP contribution in [0.3, 0.4) is 0 Å². The Bertz CT molecular complexity index is 605. The van der Waals surface area contributed by atoms with Crippen molar-refractivity contribution in [2.75, 3.05) is 5.73 Å². The van der Waals surface area contributed by atoms with Gasteiger partial charge in [-0.25, -0.2) is 9.59 Å². The van der Waals surface area contributed by atoms with Crippen molar-refractivity contribution in [3.63, 3.8) is 0 Å². The highest BCUT2D eigenvalue weighted by Gasteiger charge is 2.22. The Morgan fingerprint density at radius 2 is 2.14 bits per heavy atom. The molecule has 0 spiro atoms. The summed E-state index contributed by atoms with van der Waals surface area (Å²) in [5.41, 5.74) is 4.05.